The number of carbonyl (C=O) groups excluding carboxylic acids is 1. The number of ether oxygens (including phenoxy) is 1. The Balaban J connectivity index is 1.60. The number of para-hydroxylation sites is 1. The molecule has 1 N–H and O–H groups in total. The van der Waals surface area contributed by atoms with Gasteiger partial charge in [-0.05, 0) is 43.3 Å². The maximum Gasteiger partial charge on any atom is 0.237 e. The normalized spacial score (nSPS) is 11.8. The van der Waals surface area contributed by atoms with Crippen molar-refractivity contribution in [3.05, 3.63) is 60.9 Å². The minimum atomic E-state index is -0.325. The number of anilines is 1. The largest absolute Gasteiger partial charge is 0.497 e. The fourth-order valence-electron chi connectivity index (χ4n) is 2.14. The van der Waals surface area contributed by atoms with Gasteiger partial charge >= 0.3 is 0 Å². The van der Waals surface area contributed by atoms with Gasteiger partial charge in [-0.15, -0.1) is 5.10 Å². The average Bonchev–Trinajstić information content (AvgIpc) is 3.11. The van der Waals surface area contributed by atoms with Crippen molar-refractivity contribution >= 4 is 23.4 Å². The Morgan fingerprint density at radius 1 is 1.16 bits per heavy atom. The predicted octanol–water partition coefficient (Wildman–Crippen LogP) is 3.40. The maximum absolute atomic E-state index is 12.3. The number of nitrogens with one attached hydrogen (secondary N) is 1. The Bertz CT molecular complexity index is 834. The monoisotopic (exact) mass is 354 g/mol. The molecule has 0 aliphatic carbocycles. The van der Waals surface area contributed by atoms with Gasteiger partial charge in [-0.2, -0.15) is 0 Å². The highest BCUT2D eigenvalue weighted by molar-refractivity contribution is 8.00. The molecule has 1 amide bonds. The average molecular weight is 354 g/mol. The Morgan fingerprint density at radius 2 is 1.88 bits per heavy atom. The third-order valence-corrected chi connectivity index (χ3v) is 4.47. The standard InChI is InChI=1S/C18H18N4O2S/c1-13(17(23)20-14-8-10-16(24-2)11-9-14)25-18-19-12-22(21-18)15-6-4-3-5-7-15/h3-13H,1-2H3,(H,20,23)/t13-/m0/s1. The topological polar surface area (TPSA) is 69.0 Å². The van der Waals surface area contributed by atoms with Crippen LogP contribution in [0, 0.1) is 0 Å². The van der Waals surface area contributed by atoms with Gasteiger partial charge < -0.3 is 10.1 Å². The van der Waals surface area contributed by atoms with E-state index in [1.807, 2.05) is 37.3 Å². The highest BCUT2D eigenvalue weighted by Crippen LogP contribution is 2.22. The number of nitrogens with zero attached hydrogens (tertiary/aromatic N) is 3. The van der Waals surface area contributed by atoms with E-state index in [-0.39, 0.29) is 11.2 Å². The van der Waals surface area contributed by atoms with Crippen molar-refractivity contribution in [3.63, 3.8) is 0 Å². The number of aromatic nitrogens is 3. The Morgan fingerprint density at radius 3 is 2.56 bits per heavy atom. The van der Waals surface area contributed by atoms with Crippen LogP contribution in [0.3, 0.4) is 0 Å². The molecule has 2 aromatic carbocycles. The van der Waals surface area contributed by atoms with Crippen molar-refractivity contribution in [2.75, 3.05) is 12.4 Å². The molecule has 25 heavy (non-hydrogen) atoms. The van der Waals surface area contributed by atoms with E-state index in [1.165, 1.54) is 11.8 Å². The van der Waals surface area contributed by atoms with Crippen molar-refractivity contribution in [2.45, 2.75) is 17.3 Å². The van der Waals surface area contributed by atoms with Gasteiger partial charge in [0.1, 0.15) is 12.1 Å². The minimum Gasteiger partial charge on any atom is -0.497 e. The number of hydrogen-bond donors (Lipinski definition) is 1. The quantitative estimate of drug-likeness (QED) is 0.687. The number of thioether (sulfide) groups is 1. The zero-order valence-corrected chi connectivity index (χ0v) is 14.7. The third-order valence-electron chi connectivity index (χ3n) is 3.50. The summed E-state index contributed by atoms with van der Waals surface area (Å²) in [6.07, 6.45) is 1.64. The third kappa shape index (κ3) is 4.39. The lowest BCUT2D eigenvalue weighted by Crippen LogP contribution is -2.22. The highest BCUT2D eigenvalue weighted by Gasteiger charge is 2.17. The second-order valence-corrected chi connectivity index (χ2v) is 6.59. The van der Waals surface area contributed by atoms with E-state index in [0.29, 0.717) is 5.16 Å². The van der Waals surface area contributed by atoms with Crippen LogP contribution in [-0.2, 0) is 4.79 Å². The van der Waals surface area contributed by atoms with Crippen molar-refractivity contribution in [1.82, 2.24) is 14.8 Å². The first-order valence-corrected chi connectivity index (χ1v) is 8.62. The van der Waals surface area contributed by atoms with Crippen LogP contribution in [0.15, 0.2) is 66.1 Å². The number of hydrogen-bond acceptors (Lipinski definition) is 5. The number of carbonyl (C=O) groups is 1. The second kappa shape index (κ2) is 7.85. The summed E-state index contributed by atoms with van der Waals surface area (Å²) in [7, 11) is 1.61. The summed E-state index contributed by atoms with van der Waals surface area (Å²) in [6.45, 7) is 1.83. The van der Waals surface area contributed by atoms with Crippen LogP contribution in [0.5, 0.6) is 5.75 Å². The number of benzene rings is 2. The van der Waals surface area contributed by atoms with E-state index in [0.717, 1.165) is 17.1 Å². The van der Waals surface area contributed by atoms with E-state index in [2.05, 4.69) is 15.4 Å². The Hall–Kier alpha value is -2.80. The maximum atomic E-state index is 12.3. The molecular formula is C18H18N4O2S. The van der Waals surface area contributed by atoms with E-state index < -0.39 is 0 Å². The molecule has 3 rings (SSSR count). The molecule has 0 saturated heterocycles. The van der Waals surface area contributed by atoms with Crippen LogP contribution < -0.4 is 10.1 Å². The van der Waals surface area contributed by atoms with Crippen LogP contribution in [-0.4, -0.2) is 33.0 Å². The zero-order chi connectivity index (χ0) is 17.6. The first kappa shape index (κ1) is 17.0. The molecule has 0 bridgehead atoms. The molecule has 0 fully saturated rings. The van der Waals surface area contributed by atoms with Gasteiger partial charge in [0.25, 0.3) is 0 Å². The molecular weight excluding hydrogens is 336 g/mol. The van der Waals surface area contributed by atoms with Crippen LogP contribution in [0.1, 0.15) is 6.92 Å². The summed E-state index contributed by atoms with van der Waals surface area (Å²) in [5, 5.41) is 7.51. The summed E-state index contributed by atoms with van der Waals surface area (Å²) < 4.78 is 6.79. The van der Waals surface area contributed by atoms with E-state index in [4.69, 9.17) is 4.74 Å². The lowest BCUT2D eigenvalue weighted by atomic mass is 10.3. The first-order valence-electron chi connectivity index (χ1n) is 7.74. The van der Waals surface area contributed by atoms with Crippen LogP contribution >= 0.6 is 11.8 Å². The highest BCUT2D eigenvalue weighted by atomic mass is 32.2. The second-order valence-electron chi connectivity index (χ2n) is 5.29. The van der Waals surface area contributed by atoms with Gasteiger partial charge in [0.05, 0.1) is 18.0 Å². The summed E-state index contributed by atoms with van der Waals surface area (Å²) in [5.74, 6) is 0.641. The molecule has 6 nitrogen and oxygen atoms in total. The van der Waals surface area contributed by atoms with Gasteiger partial charge in [0.2, 0.25) is 11.1 Å². The molecule has 1 atom stereocenters. The molecule has 7 heteroatoms. The van der Waals surface area contributed by atoms with Gasteiger partial charge in [0, 0.05) is 5.69 Å². The molecule has 0 unspecified atom stereocenters. The van der Waals surface area contributed by atoms with Crippen LogP contribution in [0.2, 0.25) is 0 Å². The molecule has 0 radical (unpaired) electrons. The lowest BCUT2D eigenvalue weighted by molar-refractivity contribution is -0.115. The number of methoxy groups -OCH3 is 1. The minimum absolute atomic E-state index is 0.105. The van der Waals surface area contributed by atoms with E-state index in [9.17, 15) is 4.79 Å². The summed E-state index contributed by atoms with van der Waals surface area (Å²) in [5.41, 5.74) is 1.65. The smallest absolute Gasteiger partial charge is 0.237 e. The zero-order valence-electron chi connectivity index (χ0n) is 13.9. The van der Waals surface area contributed by atoms with Crippen molar-refractivity contribution in [1.29, 1.82) is 0 Å². The van der Waals surface area contributed by atoms with Gasteiger partial charge in [0.15, 0.2) is 0 Å². The van der Waals surface area contributed by atoms with Gasteiger partial charge in [-0.1, -0.05) is 30.0 Å². The summed E-state index contributed by atoms with van der Waals surface area (Å²) in [6, 6.07) is 16.9. The fourth-order valence-corrected chi connectivity index (χ4v) is 2.86. The molecule has 0 aliphatic rings. The molecule has 0 aliphatic heterocycles. The van der Waals surface area contributed by atoms with Gasteiger partial charge in [-0.25, -0.2) is 9.67 Å². The van der Waals surface area contributed by atoms with Crippen LogP contribution in [0.25, 0.3) is 5.69 Å². The molecule has 1 aromatic heterocycles. The van der Waals surface area contributed by atoms with Crippen molar-refractivity contribution in [2.24, 2.45) is 0 Å². The molecule has 0 saturated carbocycles. The number of rotatable bonds is 6. The SMILES string of the molecule is COc1ccc(NC(=O)[C@H](C)Sc2ncn(-c3ccccc3)n2)cc1. The lowest BCUT2D eigenvalue weighted by Gasteiger charge is -2.10. The fraction of sp³-hybridized carbons (Fsp3) is 0.167. The number of amides is 1. The van der Waals surface area contributed by atoms with Crippen LogP contribution in [0.4, 0.5) is 5.69 Å². The van der Waals surface area contributed by atoms with Gasteiger partial charge in [-0.3, -0.25) is 4.79 Å². The molecule has 0 spiro atoms. The molecule has 1 heterocycles. The summed E-state index contributed by atoms with van der Waals surface area (Å²) >= 11 is 1.31. The Labute approximate surface area is 150 Å². The summed E-state index contributed by atoms with van der Waals surface area (Å²) in [4.78, 5) is 16.6. The first-order chi connectivity index (χ1) is 12.2. The van der Waals surface area contributed by atoms with E-state index in [1.54, 1.807) is 42.4 Å². The van der Waals surface area contributed by atoms with Crippen molar-refractivity contribution < 1.29 is 9.53 Å². The Kier molecular flexibility index (Phi) is 5.35. The molecule has 3 aromatic rings. The van der Waals surface area contributed by atoms with E-state index >= 15 is 0 Å². The molecule has 128 valence electrons. The predicted molar refractivity (Wildman–Crippen MR) is 98.3 cm³/mol. The van der Waals surface area contributed by atoms with Crippen molar-refractivity contribution in [3.8, 4) is 11.4 Å².